The van der Waals surface area contributed by atoms with Crippen LogP contribution in [0.1, 0.15) is 0 Å². The van der Waals surface area contributed by atoms with E-state index in [9.17, 15) is 0 Å². The molecule has 0 aromatic carbocycles. The van der Waals surface area contributed by atoms with Gasteiger partial charge in [-0.1, -0.05) is 0 Å². The van der Waals surface area contributed by atoms with E-state index in [1.54, 1.807) is 0 Å². The summed E-state index contributed by atoms with van der Waals surface area (Å²) in [7, 11) is 15.6. The van der Waals surface area contributed by atoms with Crippen molar-refractivity contribution in [3.8, 4) is 0 Å². The molecule has 0 saturated heterocycles. The second-order valence-electron chi connectivity index (χ2n) is 10.6. The molecule has 0 aliphatic carbocycles. The molecule has 0 fully saturated rings. The standard InChI is InChI=1S/C18H56N11P5/c1-19-34(28(10)11,29(12)13)23-33(20-30(14,15)16,21-31(17,24(2)3)25(4)5)22-32(18,26(6)7)27(8)9/h19,33H,1-18H3. The van der Waals surface area contributed by atoms with Gasteiger partial charge in [-0.05, 0) is 0 Å². The first-order valence-corrected chi connectivity index (χ1v) is 21.9. The summed E-state index contributed by atoms with van der Waals surface area (Å²) in [6, 6.07) is 0. The molecule has 0 bridgehead atoms. The number of nitrogens with one attached hydrogen (secondary N) is 1. The zero-order valence-corrected chi connectivity index (χ0v) is 29.8. The zero-order valence-electron chi connectivity index (χ0n) is 25.3. The Hall–Kier alpha value is 1.07. The van der Waals surface area contributed by atoms with Gasteiger partial charge in [0.15, 0.2) is 0 Å². The molecule has 16 heteroatoms. The maximum absolute atomic E-state index is 5.71. The second-order valence-corrected chi connectivity index (χ2v) is 28.7. The number of nitrogens with zero attached hydrogens (tertiary/aromatic N) is 10. The van der Waals surface area contributed by atoms with Crippen LogP contribution in [0, 0.1) is 0 Å². The van der Waals surface area contributed by atoms with Gasteiger partial charge in [-0.15, -0.1) is 0 Å². The van der Waals surface area contributed by atoms with E-state index in [4.69, 9.17) is 18.1 Å². The van der Waals surface area contributed by atoms with Gasteiger partial charge in [-0.3, -0.25) is 0 Å². The summed E-state index contributed by atoms with van der Waals surface area (Å²) in [5.41, 5.74) is 0. The number of hydrogen-bond donors (Lipinski definition) is 1. The molecule has 0 heterocycles. The van der Waals surface area contributed by atoms with Crippen molar-refractivity contribution < 1.29 is 0 Å². The minimum atomic E-state index is -3.35. The third-order valence-electron chi connectivity index (χ3n) is 5.80. The molecule has 0 amide bonds. The van der Waals surface area contributed by atoms with E-state index in [-0.39, 0.29) is 0 Å². The Bertz CT molecular complexity index is 818. The summed E-state index contributed by atoms with van der Waals surface area (Å²) in [6.45, 7) is 11.2. The summed E-state index contributed by atoms with van der Waals surface area (Å²) < 4.78 is 36.0. The third kappa shape index (κ3) is 8.29. The van der Waals surface area contributed by atoms with Crippen molar-refractivity contribution in [1.29, 1.82) is 0 Å². The van der Waals surface area contributed by atoms with Crippen LogP contribution in [-0.4, -0.2) is 153 Å². The third-order valence-corrected chi connectivity index (χ3v) is 25.5. The summed E-state index contributed by atoms with van der Waals surface area (Å²) in [5, 5.41) is 3.58. The molecule has 0 unspecified atom stereocenters. The maximum atomic E-state index is 5.71. The van der Waals surface area contributed by atoms with Crippen molar-refractivity contribution in [2.24, 2.45) is 18.1 Å². The Morgan fingerprint density at radius 2 is 0.765 bits per heavy atom. The summed E-state index contributed by atoms with van der Waals surface area (Å²) in [4.78, 5) is 0. The fourth-order valence-corrected chi connectivity index (χ4v) is 22.8. The zero-order chi connectivity index (χ0) is 27.5. The molecule has 0 spiro atoms. The van der Waals surface area contributed by atoms with Gasteiger partial charge in [0.2, 0.25) is 0 Å². The van der Waals surface area contributed by atoms with Crippen molar-refractivity contribution >= 4 is 37.1 Å². The molecule has 0 atom stereocenters. The predicted octanol–water partition coefficient (Wildman–Crippen LogP) is 5.34. The van der Waals surface area contributed by atoms with Crippen molar-refractivity contribution in [2.75, 3.05) is 125 Å². The van der Waals surface area contributed by atoms with E-state index in [2.05, 4.69) is 151 Å². The Morgan fingerprint density at radius 1 is 0.471 bits per heavy atom. The van der Waals surface area contributed by atoms with Gasteiger partial charge >= 0.3 is 213 Å². The van der Waals surface area contributed by atoms with E-state index in [0.717, 1.165) is 0 Å². The summed E-state index contributed by atoms with van der Waals surface area (Å²) in [6.07, 6.45) is 0. The molecule has 0 aromatic heterocycles. The van der Waals surface area contributed by atoms with Gasteiger partial charge in [0.05, 0.1) is 0 Å². The Balaban J connectivity index is 8.58. The average molecular weight is 582 g/mol. The minimum absolute atomic E-state index is 1.67. The van der Waals surface area contributed by atoms with E-state index in [1.165, 1.54) is 0 Å². The molecule has 0 saturated carbocycles. The fraction of sp³-hybridized carbons (Fsp3) is 1.00. The van der Waals surface area contributed by atoms with E-state index in [0.29, 0.717) is 0 Å². The predicted molar refractivity (Wildman–Crippen MR) is 167 cm³/mol. The monoisotopic (exact) mass is 581 g/mol. The Labute approximate surface area is 213 Å². The molecule has 11 nitrogen and oxygen atoms in total. The molecule has 208 valence electrons. The normalized spacial score (nSPS) is 15.2. The topological polar surface area (TPSA) is 80.9 Å². The SMILES string of the molecule is CNP(=N[PH](N=P(C)(C)C)(N=P(C)(N(C)C)N(C)C)N=P(C)(N(C)C)N(C)C)(N(C)C)N(C)C. The van der Waals surface area contributed by atoms with Gasteiger partial charge in [0, 0.05) is 0 Å². The molecule has 0 radical (unpaired) electrons. The van der Waals surface area contributed by atoms with Crippen LogP contribution in [0.4, 0.5) is 0 Å². The van der Waals surface area contributed by atoms with Crippen LogP contribution in [-0.2, 0) is 0 Å². The van der Waals surface area contributed by atoms with Crippen molar-refractivity contribution in [3.05, 3.63) is 0 Å². The van der Waals surface area contributed by atoms with Crippen molar-refractivity contribution in [2.45, 2.75) is 0 Å². The molecule has 1 N–H and O–H groups in total. The van der Waals surface area contributed by atoms with Crippen LogP contribution in [0.25, 0.3) is 0 Å². The van der Waals surface area contributed by atoms with Crippen molar-refractivity contribution in [3.63, 3.8) is 0 Å². The first kappa shape index (κ1) is 35.1. The molecule has 0 aromatic rings. The molecule has 0 aliphatic heterocycles. The molecular formula is C18H56N11P5. The van der Waals surface area contributed by atoms with Crippen LogP contribution in [0.2, 0.25) is 0 Å². The van der Waals surface area contributed by atoms with Crippen LogP contribution in [0.15, 0.2) is 18.1 Å². The van der Waals surface area contributed by atoms with E-state index < -0.39 is 37.1 Å². The van der Waals surface area contributed by atoms with E-state index >= 15 is 0 Å². The Morgan fingerprint density at radius 3 is 0.941 bits per heavy atom. The summed E-state index contributed by atoms with van der Waals surface area (Å²) >= 11 is 0. The van der Waals surface area contributed by atoms with Crippen LogP contribution < -0.4 is 5.09 Å². The van der Waals surface area contributed by atoms with Crippen LogP contribution in [0.5, 0.6) is 0 Å². The molecular weight excluding hydrogens is 525 g/mol. The number of hydrogen-bond acceptors (Lipinski definition) is 4. The van der Waals surface area contributed by atoms with Crippen LogP contribution >= 0.6 is 37.1 Å². The number of rotatable bonds is 11. The Kier molecular flexibility index (Phi) is 13.1. The first-order valence-electron chi connectivity index (χ1n) is 11.2. The van der Waals surface area contributed by atoms with Gasteiger partial charge in [-0.2, -0.15) is 0 Å². The van der Waals surface area contributed by atoms with E-state index in [1.807, 2.05) is 7.05 Å². The fourth-order valence-electron chi connectivity index (χ4n) is 3.28. The van der Waals surface area contributed by atoms with Crippen LogP contribution in [0.3, 0.4) is 0 Å². The second kappa shape index (κ2) is 12.7. The van der Waals surface area contributed by atoms with Crippen molar-refractivity contribution in [1.82, 2.24) is 33.1 Å². The van der Waals surface area contributed by atoms with Gasteiger partial charge in [0.1, 0.15) is 0 Å². The first-order chi connectivity index (χ1) is 15.0. The van der Waals surface area contributed by atoms with Gasteiger partial charge < -0.3 is 0 Å². The average Bonchev–Trinajstić information content (AvgIpc) is 2.63. The molecule has 0 aliphatic rings. The molecule has 34 heavy (non-hydrogen) atoms. The van der Waals surface area contributed by atoms with Gasteiger partial charge in [-0.25, -0.2) is 0 Å². The summed E-state index contributed by atoms with van der Waals surface area (Å²) in [5.74, 6) is 0. The quantitative estimate of drug-likeness (QED) is 0.330. The molecule has 0 rings (SSSR count). The van der Waals surface area contributed by atoms with Gasteiger partial charge in [0.25, 0.3) is 0 Å².